The lowest BCUT2D eigenvalue weighted by Crippen LogP contribution is -2.30. The van der Waals surface area contributed by atoms with Gasteiger partial charge >= 0.3 is 0 Å². The van der Waals surface area contributed by atoms with Crippen LogP contribution in [0.5, 0.6) is 0 Å². The number of anilines is 1. The molecule has 0 bridgehead atoms. The van der Waals surface area contributed by atoms with Gasteiger partial charge < -0.3 is 5.32 Å². The van der Waals surface area contributed by atoms with Crippen molar-refractivity contribution < 1.29 is 13.2 Å². The van der Waals surface area contributed by atoms with E-state index in [-0.39, 0.29) is 9.92 Å². The van der Waals surface area contributed by atoms with Gasteiger partial charge in [-0.2, -0.15) is 4.31 Å². The van der Waals surface area contributed by atoms with Crippen LogP contribution in [0.15, 0.2) is 47.4 Å². The fourth-order valence-electron chi connectivity index (χ4n) is 2.29. The van der Waals surface area contributed by atoms with E-state index in [1.54, 1.807) is 32.0 Å². The molecule has 0 saturated carbocycles. The highest BCUT2D eigenvalue weighted by Gasteiger charge is 2.21. The fraction of sp³-hybridized carbons (Fsp3) is 0.235. The SMILES string of the molecule is CCN(CC)S(=O)(=O)c1ccc(C(=O)Nc2cccc(Cl)c2Cl)cc1. The summed E-state index contributed by atoms with van der Waals surface area (Å²) >= 11 is 12.0. The molecule has 0 heterocycles. The molecular weight excluding hydrogens is 383 g/mol. The molecule has 2 aromatic carbocycles. The Labute approximate surface area is 157 Å². The highest BCUT2D eigenvalue weighted by molar-refractivity contribution is 7.89. The molecule has 0 aliphatic heterocycles. The molecule has 0 unspecified atom stereocenters. The van der Waals surface area contributed by atoms with Crippen molar-refractivity contribution >= 4 is 44.8 Å². The van der Waals surface area contributed by atoms with E-state index in [1.165, 1.54) is 28.6 Å². The number of halogens is 2. The summed E-state index contributed by atoms with van der Waals surface area (Å²) in [6.45, 7) is 4.32. The zero-order chi connectivity index (χ0) is 18.6. The maximum absolute atomic E-state index is 12.4. The molecule has 0 radical (unpaired) electrons. The van der Waals surface area contributed by atoms with Crippen LogP contribution < -0.4 is 5.32 Å². The summed E-state index contributed by atoms with van der Waals surface area (Å²) in [6, 6.07) is 10.7. The van der Waals surface area contributed by atoms with Gasteiger partial charge in [0.05, 0.1) is 20.6 Å². The molecule has 134 valence electrons. The van der Waals surface area contributed by atoms with Crippen LogP contribution in [0.25, 0.3) is 0 Å². The Balaban J connectivity index is 2.22. The molecule has 1 amide bonds. The third-order valence-corrected chi connectivity index (χ3v) is 6.54. The predicted octanol–water partition coefficient (Wildman–Crippen LogP) is 4.28. The minimum atomic E-state index is -3.55. The molecular formula is C17H18Cl2N2O3S. The van der Waals surface area contributed by atoms with Crippen molar-refractivity contribution in [2.45, 2.75) is 18.7 Å². The highest BCUT2D eigenvalue weighted by Crippen LogP contribution is 2.29. The first-order chi connectivity index (χ1) is 11.8. The third kappa shape index (κ3) is 4.33. The first-order valence-electron chi connectivity index (χ1n) is 7.66. The number of nitrogens with one attached hydrogen (secondary N) is 1. The van der Waals surface area contributed by atoms with Crippen LogP contribution in [0, 0.1) is 0 Å². The number of rotatable bonds is 6. The van der Waals surface area contributed by atoms with E-state index in [9.17, 15) is 13.2 Å². The molecule has 2 rings (SSSR count). The molecule has 0 atom stereocenters. The molecule has 0 fully saturated rings. The molecule has 0 aromatic heterocycles. The van der Waals surface area contributed by atoms with Crippen LogP contribution >= 0.6 is 23.2 Å². The van der Waals surface area contributed by atoms with Crippen molar-refractivity contribution in [1.82, 2.24) is 4.31 Å². The Morgan fingerprint density at radius 1 is 1.04 bits per heavy atom. The van der Waals surface area contributed by atoms with Crippen molar-refractivity contribution in [1.29, 1.82) is 0 Å². The average molecular weight is 401 g/mol. The predicted molar refractivity (Wildman–Crippen MR) is 101 cm³/mol. The summed E-state index contributed by atoms with van der Waals surface area (Å²) in [5.74, 6) is -0.407. The second kappa shape index (κ2) is 8.19. The molecule has 0 aliphatic carbocycles. The van der Waals surface area contributed by atoms with Gasteiger partial charge in [-0.3, -0.25) is 4.79 Å². The molecule has 0 spiro atoms. The number of benzene rings is 2. The lowest BCUT2D eigenvalue weighted by Gasteiger charge is -2.18. The fourth-order valence-corrected chi connectivity index (χ4v) is 4.09. The topological polar surface area (TPSA) is 66.5 Å². The number of amides is 1. The van der Waals surface area contributed by atoms with Gasteiger partial charge in [0, 0.05) is 18.7 Å². The average Bonchev–Trinajstić information content (AvgIpc) is 2.60. The van der Waals surface area contributed by atoms with E-state index in [0.29, 0.717) is 29.4 Å². The Morgan fingerprint density at radius 3 is 2.20 bits per heavy atom. The van der Waals surface area contributed by atoms with Crippen LogP contribution in [-0.2, 0) is 10.0 Å². The van der Waals surface area contributed by atoms with Gasteiger partial charge in [0.2, 0.25) is 10.0 Å². The molecule has 5 nitrogen and oxygen atoms in total. The van der Waals surface area contributed by atoms with Gasteiger partial charge in [-0.25, -0.2) is 8.42 Å². The van der Waals surface area contributed by atoms with Gasteiger partial charge in [-0.1, -0.05) is 43.1 Å². The maximum Gasteiger partial charge on any atom is 0.255 e. The molecule has 2 aromatic rings. The summed E-state index contributed by atoms with van der Waals surface area (Å²) < 4.78 is 26.2. The van der Waals surface area contributed by atoms with E-state index >= 15 is 0 Å². The van der Waals surface area contributed by atoms with E-state index in [0.717, 1.165) is 0 Å². The zero-order valence-electron chi connectivity index (χ0n) is 13.8. The van der Waals surface area contributed by atoms with Crippen molar-refractivity contribution in [2.24, 2.45) is 0 Å². The number of carbonyl (C=O) groups excluding carboxylic acids is 1. The summed E-state index contributed by atoms with van der Waals surface area (Å²) in [7, 11) is -3.55. The number of hydrogen-bond donors (Lipinski definition) is 1. The lowest BCUT2D eigenvalue weighted by atomic mass is 10.2. The minimum Gasteiger partial charge on any atom is -0.321 e. The first-order valence-corrected chi connectivity index (χ1v) is 9.86. The molecule has 8 heteroatoms. The van der Waals surface area contributed by atoms with E-state index in [4.69, 9.17) is 23.2 Å². The maximum atomic E-state index is 12.4. The number of nitrogens with zero attached hydrogens (tertiary/aromatic N) is 1. The Kier molecular flexibility index (Phi) is 6.46. The number of carbonyl (C=O) groups is 1. The van der Waals surface area contributed by atoms with Crippen molar-refractivity contribution in [3.8, 4) is 0 Å². The molecule has 25 heavy (non-hydrogen) atoms. The van der Waals surface area contributed by atoms with Gasteiger partial charge in [0.1, 0.15) is 0 Å². The van der Waals surface area contributed by atoms with Crippen molar-refractivity contribution in [3.63, 3.8) is 0 Å². The lowest BCUT2D eigenvalue weighted by molar-refractivity contribution is 0.102. The Hall–Kier alpha value is -1.60. The third-order valence-electron chi connectivity index (χ3n) is 3.66. The largest absolute Gasteiger partial charge is 0.321 e. The van der Waals surface area contributed by atoms with Crippen molar-refractivity contribution in [3.05, 3.63) is 58.1 Å². The monoisotopic (exact) mass is 400 g/mol. The van der Waals surface area contributed by atoms with Crippen LogP contribution in [0.2, 0.25) is 10.0 Å². The van der Waals surface area contributed by atoms with Crippen LogP contribution in [-0.4, -0.2) is 31.7 Å². The Bertz CT molecular complexity index is 864. The standard InChI is InChI=1S/C17H18Cl2N2O3S/c1-3-21(4-2)25(23,24)13-10-8-12(9-11-13)17(22)20-15-7-5-6-14(18)16(15)19/h5-11H,3-4H2,1-2H3,(H,20,22). The first kappa shape index (κ1) is 19.7. The van der Waals surface area contributed by atoms with Gasteiger partial charge in [-0.05, 0) is 36.4 Å². The Morgan fingerprint density at radius 2 is 1.64 bits per heavy atom. The minimum absolute atomic E-state index is 0.147. The second-order valence-corrected chi connectivity index (χ2v) is 7.89. The van der Waals surface area contributed by atoms with Gasteiger partial charge in [-0.15, -0.1) is 0 Å². The number of sulfonamides is 1. The molecule has 1 N–H and O–H groups in total. The van der Waals surface area contributed by atoms with E-state index in [2.05, 4.69) is 5.32 Å². The second-order valence-electron chi connectivity index (χ2n) is 5.17. The van der Waals surface area contributed by atoms with Crippen molar-refractivity contribution in [2.75, 3.05) is 18.4 Å². The zero-order valence-corrected chi connectivity index (χ0v) is 16.1. The van der Waals surface area contributed by atoms with Crippen LogP contribution in [0.4, 0.5) is 5.69 Å². The normalized spacial score (nSPS) is 11.6. The summed E-state index contributed by atoms with van der Waals surface area (Å²) in [5, 5.41) is 3.24. The smallest absolute Gasteiger partial charge is 0.255 e. The van der Waals surface area contributed by atoms with E-state index in [1.807, 2.05) is 0 Å². The summed E-state index contributed by atoms with van der Waals surface area (Å²) in [5.41, 5.74) is 0.702. The van der Waals surface area contributed by atoms with Crippen LogP contribution in [0.1, 0.15) is 24.2 Å². The highest BCUT2D eigenvalue weighted by atomic mass is 35.5. The summed E-state index contributed by atoms with van der Waals surface area (Å²) in [6.07, 6.45) is 0. The summed E-state index contributed by atoms with van der Waals surface area (Å²) in [4.78, 5) is 12.5. The molecule has 0 aliphatic rings. The van der Waals surface area contributed by atoms with Gasteiger partial charge in [0.15, 0.2) is 0 Å². The van der Waals surface area contributed by atoms with Gasteiger partial charge in [0.25, 0.3) is 5.91 Å². The number of hydrogen-bond acceptors (Lipinski definition) is 3. The van der Waals surface area contributed by atoms with Crippen LogP contribution in [0.3, 0.4) is 0 Å². The quantitative estimate of drug-likeness (QED) is 0.786. The van der Waals surface area contributed by atoms with E-state index < -0.39 is 15.9 Å². The molecule has 0 saturated heterocycles.